The number of rotatable bonds is 8. The Morgan fingerprint density at radius 2 is 2.19 bits per heavy atom. The monoisotopic (exact) mass is 296 g/mol. The third-order valence-electron chi connectivity index (χ3n) is 3.03. The van der Waals surface area contributed by atoms with E-state index in [0.717, 1.165) is 0 Å². The first kappa shape index (κ1) is 16.9. The van der Waals surface area contributed by atoms with Crippen molar-refractivity contribution in [2.75, 3.05) is 13.7 Å². The highest BCUT2D eigenvalue weighted by molar-refractivity contribution is 5.69. The van der Waals surface area contributed by atoms with Crippen LogP contribution in [0.3, 0.4) is 0 Å². The molecule has 0 radical (unpaired) electrons. The van der Waals surface area contributed by atoms with Crippen LogP contribution >= 0.6 is 0 Å². The van der Waals surface area contributed by atoms with Crippen molar-refractivity contribution in [3.63, 3.8) is 0 Å². The van der Waals surface area contributed by atoms with Gasteiger partial charge in [0, 0.05) is 18.5 Å². The number of nitrogens with zero attached hydrogens (tertiary/aromatic N) is 1. The zero-order valence-electron chi connectivity index (χ0n) is 12.2. The third-order valence-corrected chi connectivity index (χ3v) is 3.03. The molecule has 0 saturated carbocycles. The van der Waals surface area contributed by atoms with Gasteiger partial charge < -0.3 is 15.2 Å². The van der Waals surface area contributed by atoms with Gasteiger partial charge in [0.25, 0.3) is 0 Å². The molecular formula is C14H20N2O5. The molecular weight excluding hydrogens is 276 g/mol. The topological polar surface area (TPSA) is 105 Å². The third kappa shape index (κ3) is 5.03. The van der Waals surface area contributed by atoms with Gasteiger partial charge >= 0.3 is 11.7 Å². The smallest absolute Gasteiger partial charge is 0.311 e. The molecule has 0 fully saturated rings. The summed E-state index contributed by atoms with van der Waals surface area (Å²) in [6, 6.07) is 4.26. The van der Waals surface area contributed by atoms with Crippen LogP contribution in [0, 0.1) is 10.1 Å². The average Bonchev–Trinajstić information content (AvgIpc) is 2.46. The Kier molecular flexibility index (Phi) is 6.61. The molecule has 0 aliphatic carbocycles. The molecule has 0 spiro atoms. The number of nitro groups is 1. The summed E-state index contributed by atoms with van der Waals surface area (Å²) < 4.78 is 9.76. The van der Waals surface area contributed by atoms with E-state index in [1.165, 1.54) is 19.2 Å². The van der Waals surface area contributed by atoms with Gasteiger partial charge in [-0.2, -0.15) is 0 Å². The second kappa shape index (κ2) is 8.21. The SMILES string of the molecule is CCOC(=O)CCCC(N)c1ccc(OC)c([N+](=O)[O-])c1. The summed E-state index contributed by atoms with van der Waals surface area (Å²) in [6.45, 7) is 2.11. The van der Waals surface area contributed by atoms with Gasteiger partial charge in [-0.3, -0.25) is 14.9 Å². The lowest BCUT2D eigenvalue weighted by atomic mass is 10.0. The number of ether oxygens (including phenoxy) is 2. The zero-order chi connectivity index (χ0) is 15.8. The molecule has 1 aromatic rings. The molecule has 1 unspecified atom stereocenters. The number of carbonyl (C=O) groups is 1. The number of hydrogen-bond acceptors (Lipinski definition) is 6. The van der Waals surface area contributed by atoms with E-state index in [1.807, 2.05) is 0 Å². The van der Waals surface area contributed by atoms with Crippen molar-refractivity contribution in [3.8, 4) is 5.75 Å². The van der Waals surface area contributed by atoms with E-state index >= 15 is 0 Å². The molecule has 0 saturated heterocycles. The summed E-state index contributed by atoms with van der Waals surface area (Å²) in [4.78, 5) is 21.7. The summed E-state index contributed by atoms with van der Waals surface area (Å²) in [5.74, 6) is -0.0621. The summed E-state index contributed by atoms with van der Waals surface area (Å²) in [5, 5.41) is 11.0. The van der Waals surface area contributed by atoms with E-state index in [9.17, 15) is 14.9 Å². The van der Waals surface area contributed by atoms with Crippen LogP contribution < -0.4 is 10.5 Å². The average molecular weight is 296 g/mol. The molecule has 0 aliphatic rings. The number of nitro benzene ring substituents is 1. The summed E-state index contributed by atoms with van der Waals surface area (Å²) in [6.07, 6.45) is 1.40. The summed E-state index contributed by atoms with van der Waals surface area (Å²) >= 11 is 0. The normalized spacial score (nSPS) is 11.8. The highest BCUT2D eigenvalue weighted by atomic mass is 16.6. The van der Waals surface area contributed by atoms with Gasteiger partial charge in [-0.15, -0.1) is 0 Å². The van der Waals surface area contributed by atoms with Gasteiger partial charge in [-0.05, 0) is 31.4 Å². The maximum absolute atomic E-state index is 11.2. The maximum atomic E-state index is 11.2. The van der Waals surface area contributed by atoms with Crippen molar-refractivity contribution >= 4 is 11.7 Å². The molecule has 2 N–H and O–H groups in total. The van der Waals surface area contributed by atoms with E-state index in [-0.39, 0.29) is 23.4 Å². The minimum absolute atomic E-state index is 0.115. The lowest BCUT2D eigenvalue weighted by Crippen LogP contribution is -2.12. The van der Waals surface area contributed by atoms with Crippen LogP contribution in [0.5, 0.6) is 5.75 Å². The van der Waals surface area contributed by atoms with E-state index < -0.39 is 4.92 Å². The minimum atomic E-state index is -0.506. The molecule has 1 rings (SSSR count). The molecule has 1 aromatic carbocycles. The fourth-order valence-corrected chi connectivity index (χ4v) is 1.95. The van der Waals surface area contributed by atoms with Gasteiger partial charge in [0.2, 0.25) is 0 Å². The van der Waals surface area contributed by atoms with Crippen LogP contribution in [0.4, 0.5) is 5.69 Å². The van der Waals surface area contributed by atoms with E-state index in [2.05, 4.69) is 0 Å². The maximum Gasteiger partial charge on any atom is 0.311 e. The summed E-state index contributed by atoms with van der Waals surface area (Å²) in [7, 11) is 1.38. The lowest BCUT2D eigenvalue weighted by Gasteiger charge is -2.12. The van der Waals surface area contributed by atoms with Gasteiger partial charge in [-0.1, -0.05) is 6.07 Å². The Labute approximate surface area is 123 Å². The molecule has 1 atom stereocenters. The number of esters is 1. The predicted octanol–water partition coefficient (Wildman–Crippen LogP) is 2.34. The standard InChI is InChI=1S/C14H20N2O5/c1-3-21-14(17)6-4-5-11(15)10-7-8-13(20-2)12(9-10)16(18)19/h7-9,11H,3-6,15H2,1-2H3. The second-order valence-electron chi connectivity index (χ2n) is 4.49. The molecule has 7 nitrogen and oxygen atoms in total. The molecule has 0 bridgehead atoms. The lowest BCUT2D eigenvalue weighted by molar-refractivity contribution is -0.385. The van der Waals surface area contributed by atoms with E-state index in [0.29, 0.717) is 31.4 Å². The minimum Gasteiger partial charge on any atom is -0.490 e. The quantitative estimate of drug-likeness (QED) is 0.448. The molecule has 21 heavy (non-hydrogen) atoms. The fourth-order valence-electron chi connectivity index (χ4n) is 1.95. The predicted molar refractivity (Wildman–Crippen MR) is 77.1 cm³/mol. The van der Waals surface area contributed by atoms with Crippen molar-refractivity contribution in [2.24, 2.45) is 5.73 Å². The Morgan fingerprint density at radius 3 is 2.76 bits per heavy atom. The number of nitrogens with two attached hydrogens (primary N) is 1. The molecule has 7 heteroatoms. The number of carbonyl (C=O) groups excluding carboxylic acids is 1. The van der Waals surface area contributed by atoms with Crippen LogP contribution in [0.15, 0.2) is 18.2 Å². The number of hydrogen-bond donors (Lipinski definition) is 1. The van der Waals surface area contributed by atoms with Gasteiger partial charge in [0.15, 0.2) is 5.75 Å². The fraction of sp³-hybridized carbons (Fsp3) is 0.500. The van der Waals surface area contributed by atoms with Crippen LogP contribution in [0.2, 0.25) is 0 Å². The molecule has 0 aliphatic heterocycles. The first-order chi connectivity index (χ1) is 9.99. The summed E-state index contributed by atoms with van der Waals surface area (Å²) in [5.41, 5.74) is 6.53. The van der Waals surface area contributed by atoms with Crippen LogP contribution in [-0.2, 0) is 9.53 Å². The highest BCUT2D eigenvalue weighted by Crippen LogP contribution is 2.30. The first-order valence-electron chi connectivity index (χ1n) is 6.73. The van der Waals surface area contributed by atoms with Gasteiger partial charge in [-0.25, -0.2) is 0 Å². The number of methoxy groups -OCH3 is 1. The molecule has 0 aromatic heterocycles. The van der Waals surface area contributed by atoms with Gasteiger partial charge in [0.05, 0.1) is 18.6 Å². The Bertz CT molecular complexity index is 504. The van der Waals surface area contributed by atoms with Crippen LogP contribution in [-0.4, -0.2) is 24.6 Å². The highest BCUT2D eigenvalue weighted by Gasteiger charge is 2.18. The van der Waals surface area contributed by atoms with Crippen LogP contribution in [0.25, 0.3) is 0 Å². The van der Waals surface area contributed by atoms with Crippen molar-refractivity contribution in [2.45, 2.75) is 32.2 Å². The Hall–Kier alpha value is -2.15. The molecule has 0 heterocycles. The molecule has 116 valence electrons. The first-order valence-corrected chi connectivity index (χ1v) is 6.73. The Morgan fingerprint density at radius 1 is 1.48 bits per heavy atom. The van der Waals surface area contributed by atoms with Crippen molar-refractivity contribution in [3.05, 3.63) is 33.9 Å². The number of benzene rings is 1. The zero-order valence-corrected chi connectivity index (χ0v) is 12.2. The van der Waals surface area contributed by atoms with Crippen molar-refractivity contribution < 1.29 is 19.2 Å². The van der Waals surface area contributed by atoms with Crippen molar-refractivity contribution in [1.29, 1.82) is 0 Å². The second-order valence-corrected chi connectivity index (χ2v) is 4.49. The van der Waals surface area contributed by atoms with Gasteiger partial charge in [0.1, 0.15) is 0 Å². The van der Waals surface area contributed by atoms with E-state index in [4.69, 9.17) is 15.2 Å². The van der Waals surface area contributed by atoms with E-state index in [1.54, 1.807) is 13.0 Å². The Balaban J connectivity index is 2.66. The van der Waals surface area contributed by atoms with Crippen LogP contribution in [0.1, 0.15) is 37.8 Å². The van der Waals surface area contributed by atoms with Crippen molar-refractivity contribution in [1.82, 2.24) is 0 Å². The largest absolute Gasteiger partial charge is 0.490 e. The molecule has 0 amide bonds.